The average Bonchev–Trinajstić information content (AvgIpc) is 3.03. The van der Waals surface area contributed by atoms with E-state index in [2.05, 4.69) is 4.98 Å². The summed E-state index contributed by atoms with van der Waals surface area (Å²) in [4.78, 5) is 41.7. The van der Waals surface area contributed by atoms with Crippen LogP contribution in [0.25, 0.3) is 11.0 Å². The van der Waals surface area contributed by atoms with Crippen molar-refractivity contribution >= 4 is 28.8 Å². The maximum atomic E-state index is 12.9. The zero-order valence-electron chi connectivity index (χ0n) is 15.7. The highest BCUT2D eigenvalue weighted by atomic mass is 16.6. The van der Waals surface area contributed by atoms with E-state index in [0.717, 1.165) is 19.3 Å². The fourth-order valence-corrected chi connectivity index (χ4v) is 5.69. The van der Waals surface area contributed by atoms with Gasteiger partial charge in [-0.25, -0.2) is 9.78 Å². The lowest BCUT2D eigenvalue weighted by Crippen LogP contribution is -2.57. The van der Waals surface area contributed by atoms with Gasteiger partial charge in [-0.15, -0.1) is 0 Å². The Bertz CT molecular complexity index is 976. The number of hydrogen-bond acceptors (Lipinski definition) is 6. The molecule has 2 unspecified atom stereocenters. The molecule has 146 valence electrons. The zero-order chi connectivity index (χ0) is 19.5. The molecule has 4 saturated carbocycles. The van der Waals surface area contributed by atoms with Gasteiger partial charge in [0.15, 0.2) is 0 Å². The van der Waals surface area contributed by atoms with Gasteiger partial charge in [-0.3, -0.25) is 9.59 Å². The van der Waals surface area contributed by atoms with Crippen molar-refractivity contribution in [2.45, 2.75) is 44.2 Å². The Balaban J connectivity index is 1.41. The molecule has 0 amide bonds. The van der Waals surface area contributed by atoms with Crippen LogP contribution >= 0.6 is 0 Å². The summed E-state index contributed by atoms with van der Waals surface area (Å²) in [6.07, 6.45) is 3.99. The molecule has 0 radical (unpaired) electrons. The van der Waals surface area contributed by atoms with Gasteiger partial charge < -0.3 is 14.0 Å². The highest BCUT2D eigenvalue weighted by Gasteiger charge is 2.57. The van der Waals surface area contributed by atoms with Crippen LogP contribution < -0.4 is 0 Å². The number of imidazole rings is 1. The molecule has 7 nitrogen and oxygen atoms in total. The SMILES string of the molecule is COC(=O)c1nc2ccccc2n1CC(=O)OC12CC3CC(C1)C(=O)C(C3)C2. The van der Waals surface area contributed by atoms with Gasteiger partial charge in [0.05, 0.1) is 18.1 Å². The minimum Gasteiger partial charge on any atom is -0.463 e. The van der Waals surface area contributed by atoms with E-state index >= 15 is 0 Å². The summed E-state index contributed by atoms with van der Waals surface area (Å²) in [6, 6.07) is 7.25. The zero-order valence-corrected chi connectivity index (χ0v) is 15.7. The van der Waals surface area contributed by atoms with E-state index < -0.39 is 17.5 Å². The third-order valence-corrected chi connectivity index (χ3v) is 6.58. The van der Waals surface area contributed by atoms with Crippen LogP contribution in [0.2, 0.25) is 0 Å². The van der Waals surface area contributed by atoms with E-state index in [-0.39, 0.29) is 24.2 Å². The molecular formula is C21H22N2O5. The van der Waals surface area contributed by atoms with Crippen LogP contribution in [-0.4, -0.2) is 40.0 Å². The van der Waals surface area contributed by atoms with Gasteiger partial charge in [0.25, 0.3) is 0 Å². The number of aromatic nitrogens is 2. The number of Topliss-reactive ketones (excluding diaryl/α,β-unsaturated/α-hetero) is 1. The summed E-state index contributed by atoms with van der Waals surface area (Å²) >= 11 is 0. The number of carbonyl (C=O) groups excluding carboxylic acids is 3. The summed E-state index contributed by atoms with van der Waals surface area (Å²) in [7, 11) is 1.29. The molecule has 1 aromatic carbocycles. The van der Waals surface area contributed by atoms with Crippen molar-refractivity contribution < 1.29 is 23.9 Å². The number of benzene rings is 1. The largest absolute Gasteiger partial charge is 0.463 e. The number of fused-ring (bicyclic) bond motifs is 1. The third kappa shape index (κ3) is 2.64. The summed E-state index contributed by atoms with van der Waals surface area (Å²) in [6.45, 7) is -0.110. The fourth-order valence-electron chi connectivity index (χ4n) is 5.69. The molecule has 1 heterocycles. The smallest absolute Gasteiger partial charge is 0.374 e. The van der Waals surface area contributed by atoms with Crippen molar-refractivity contribution in [3.8, 4) is 0 Å². The number of hydrogen-bond donors (Lipinski definition) is 0. The fraction of sp³-hybridized carbons (Fsp3) is 0.524. The van der Waals surface area contributed by atoms with Gasteiger partial charge >= 0.3 is 11.9 Å². The van der Waals surface area contributed by atoms with E-state index in [1.807, 2.05) is 18.2 Å². The molecule has 28 heavy (non-hydrogen) atoms. The van der Waals surface area contributed by atoms with Gasteiger partial charge in [-0.1, -0.05) is 12.1 Å². The molecule has 6 rings (SSSR count). The quantitative estimate of drug-likeness (QED) is 0.755. The topological polar surface area (TPSA) is 87.5 Å². The first-order valence-corrected chi connectivity index (χ1v) is 9.77. The second-order valence-corrected chi connectivity index (χ2v) is 8.40. The number of ketones is 1. The Kier molecular flexibility index (Phi) is 3.82. The molecule has 2 aromatic rings. The van der Waals surface area contributed by atoms with Crippen molar-refractivity contribution in [3.63, 3.8) is 0 Å². The highest BCUT2D eigenvalue weighted by molar-refractivity contribution is 5.92. The molecule has 1 aromatic heterocycles. The first kappa shape index (κ1) is 17.4. The van der Waals surface area contributed by atoms with E-state index in [1.54, 1.807) is 10.6 Å². The van der Waals surface area contributed by atoms with E-state index in [9.17, 15) is 14.4 Å². The molecule has 0 spiro atoms. The minimum absolute atomic E-state index is 0.0405. The van der Waals surface area contributed by atoms with Gasteiger partial charge in [0, 0.05) is 11.8 Å². The molecule has 4 fully saturated rings. The number of para-hydroxylation sites is 2. The Labute approximate surface area is 162 Å². The number of rotatable bonds is 4. The van der Waals surface area contributed by atoms with Crippen LogP contribution in [0.3, 0.4) is 0 Å². The van der Waals surface area contributed by atoms with Gasteiger partial charge in [-0.2, -0.15) is 0 Å². The molecule has 0 N–H and O–H groups in total. The highest BCUT2D eigenvalue weighted by Crippen LogP contribution is 2.55. The third-order valence-electron chi connectivity index (χ3n) is 6.58. The van der Waals surface area contributed by atoms with Gasteiger partial charge in [0.2, 0.25) is 5.82 Å². The standard InChI is InChI=1S/C21H22N2O5/c1-27-20(26)19-22-15-4-2-3-5-16(15)23(19)11-17(24)28-21-8-12-6-13(9-21)18(25)14(7-12)10-21/h2-5,12-14H,6-11H2,1H3. The monoisotopic (exact) mass is 382 g/mol. The maximum Gasteiger partial charge on any atom is 0.374 e. The molecule has 0 saturated heterocycles. The average molecular weight is 382 g/mol. The predicted molar refractivity (Wildman–Crippen MR) is 98.5 cm³/mol. The maximum absolute atomic E-state index is 12.9. The normalized spacial score (nSPS) is 30.6. The Hall–Kier alpha value is -2.70. The summed E-state index contributed by atoms with van der Waals surface area (Å²) in [5.74, 6) is 0.00451. The van der Waals surface area contributed by atoms with Crippen LogP contribution in [0.1, 0.15) is 42.7 Å². The van der Waals surface area contributed by atoms with Gasteiger partial charge in [0.1, 0.15) is 17.9 Å². The van der Waals surface area contributed by atoms with E-state index in [1.165, 1.54) is 7.11 Å². The van der Waals surface area contributed by atoms with Gasteiger partial charge in [-0.05, 0) is 50.2 Å². The summed E-state index contributed by atoms with van der Waals surface area (Å²) < 4.78 is 12.4. The molecule has 0 aliphatic heterocycles. The molecular weight excluding hydrogens is 360 g/mol. The number of esters is 2. The lowest BCUT2D eigenvalue weighted by atomic mass is 9.53. The minimum atomic E-state index is -0.593. The number of carbonyl (C=O) groups is 3. The van der Waals surface area contributed by atoms with Crippen LogP contribution in [0.4, 0.5) is 0 Å². The summed E-state index contributed by atoms with van der Waals surface area (Å²) in [5, 5.41) is 0. The Morgan fingerprint density at radius 1 is 1.18 bits per heavy atom. The molecule has 7 heteroatoms. The molecule has 4 aliphatic rings. The predicted octanol–water partition coefficient (Wildman–Crippen LogP) is 2.51. The number of ether oxygens (including phenoxy) is 2. The van der Waals surface area contributed by atoms with Crippen molar-refractivity contribution in [1.29, 1.82) is 0 Å². The molecule has 2 atom stereocenters. The second-order valence-electron chi connectivity index (χ2n) is 8.40. The first-order valence-electron chi connectivity index (χ1n) is 9.77. The van der Waals surface area contributed by atoms with Crippen molar-refractivity contribution in [3.05, 3.63) is 30.1 Å². The van der Waals surface area contributed by atoms with Crippen molar-refractivity contribution in [1.82, 2.24) is 9.55 Å². The Morgan fingerprint density at radius 3 is 2.61 bits per heavy atom. The van der Waals surface area contributed by atoms with Crippen LogP contribution in [0, 0.1) is 17.8 Å². The molecule has 4 bridgehead atoms. The lowest BCUT2D eigenvalue weighted by molar-refractivity contribution is -0.189. The molecule has 4 aliphatic carbocycles. The van der Waals surface area contributed by atoms with Crippen LogP contribution in [0.5, 0.6) is 0 Å². The number of nitrogens with zero attached hydrogens (tertiary/aromatic N) is 2. The Morgan fingerprint density at radius 2 is 1.89 bits per heavy atom. The van der Waals surface area contributed by atoms with E-state index in [4.69, 9.17) is 9.47 Å². The number of methoxy groups -OCH3 is 1. The van der Waals surface area contributed by atoms with Crippen molar-refractivity contribution in [2.75, 3.05) is 7.11 Å². The van der Waals surface area contributed by atoms with Crippen LogP contribution in [-0.2, 0) is 25.6 Å². The van der Waals surface area contributed by atoms with Crippen molar-refractivity contribution in [2.24, 2.45) is 17.8 Å². The first-order chi connectivity index (χ1) is 13.5. The lowest BCUT2D eigenvalue weighted by Gasteiger charge is -2.54. The van der Waals surface area contributed by atoms with Crippen LogP contribution in [0.15, 0.2) is 24.3 Å². The van der Waals surface area contributed by atoms with E-state index in [0.29, 0.717) is 35.6 Å². The second kappa shape index (κ2) is 6.15. The summed E-state index contributed by atoms with van der Waals surface area (Å²) in [5.41, 5.74) is 0.778.